The minimum Gasteiger partial charge on any atom is -0.326 e. The predicted molar refractivity (Wildman–Crippen MR) is 68.4 cm³/mol. The molecule has 16 heavy (non-hydrogen) atoms. The molecule has 1 aromatic heterocycles. The summed E-state index contributed by atoms with van der Waals surface area (Å²) in [5.41, 5.74) is 9.63. The van der Waals surface area contributed by atoms with Crippen LogP contribution in [0, 0.1) is 0 Å². The summed E-state index contributed by atoms with van der Waals surface area (Å²) in [6.45, 7) is 8.24. The van der Waals surface area contributed by atoms with Crippen LogP contribution in [-0.4, -0.2) is 9.78 Å². The molecule has 3 heteroatoms. The Morgan fingerprint density at radius 1 is 1.12 bits per heavy atom. The summed E-state index contributed by atoms with van der Waals surface area (Å²) < 4.78 is 2.18. The van der Waals surface area contributed by atoms with Crippen molar-refractivity contribution in [1.29, 1.82) is 0 Å². The van der Waals surface area contributed by atoms with E-state index in [-0.39, 0.29) is 0 Å². The molecule has 0 saturated carbocycles. The van der Waals surface area contributed by atoms with E-state index < -0.39 is 0 Å². The van der Waals surface area contributed by atoms with Crippen LogP contribution < -0.4 is 5.73 Å². The molecule has 0 radical (unpaired) electrons. The van der Waals surface area contributed by atoms with Gasteiger partial charge in [0.05, 0.1) is 5.69 Å². The Morgan fingerprint density at radius 3 is 2.38 bits per heavy atom. The zero-order valence-electron chi connectivity index (χ0n) is 10.9. The summed E-state index contributed by atoms with van der Waals surface area (Å²) >= 11 is 0. The van der Waals surface area contributed by atoms with Crippen LogP contribution in [0.3, 0.4) is 0 Å². The van der Waals surface area contributed by atoms with E-state index in [4.69, 9.17) is 5.73 Å². The second-order valence-electron chi connectivity index (χ2n) is 4.21. The molecule has 1 rings (SSSR count). The van der Waals surface area contributed by atoms with Gasteiger partial charge in [-0.3, -0.25) is 4.68 Å². The Bertz CT molecular complexity index is 315. The number of nitrogens with zero attached hydrogens (tertiary/aromatic N) is 2. The van der Waals surface area contributed by atoms with E-state index in [1.54, 1.807) is 0 Å². The molecular formula is C13H25N3. The molecule has 0 aliphatic heterocycles. The third-order valence-electron chi connectivity index (χ3n) is 3.10. The Morgan fingerprint density at radius 2 is 1.88 bits per heavy atom. The molecule has 3 nitrogen and oxygen atoms in total. The van der Waals surface area contributed by atoms with Crippen molar-refractivity contribution in [1.82, 2.24) is 9.78 Å². The van der Waals surface area contributed by atoms with E-state index in [9.17, 15) is 0 Å². The summed E-state index contributed by atoms with van der Waals surface area (Å²) in [5, 5.41) is 4.68. The first-order valence-corrected chi connectivity index (χ1v) is 6.55. The molecule has 92 valence electrons. The Kier molecular flexibility index (Phi) is 5.53. The maximum Gasteiger partial charge on any atom is 0.0669 e. The lowest BCUT2D eigenvalue weighted by Gasteiger charge is -2.06. The second kappa shape index (κ2) is 6.69. The summed E-state index contributed by atoms with van der Waals surface area (Å²) in [6, 6.07) is 0. The van der Waals surface area contributed by atoms with Gasteiger partial charge in [-0.05, 0) is 19.3 Å². The van der Waals surface area contributed by atoms with Crippen LogP contribution in [0.25, 0.3) is 0 Å². The van der Waals surface area contributed by atoms with Gasteiger partial charge in [-0.1, -0.05) is 33.6 Å². The van der Waals surface area contributed by atoms with Crippen molar-refractivity contribution in [3.8, 4) is 0 Å². The highest BCUT2D eigenvalue weighted by atomic mass is 15.3. The van der Waals surface area contributed by atoms with Gasteiger partial charge in [-0.2, -0.15) is 5.10 Å². The van der Waals surface area contributed by atoms with Crippen LogP contribution in [-0.2, 0) is 25.9 Å². The Balaban J connectivity index is 2.85. The van der Waals surface area contributed by atoms with Crippen LogP contribution in [0.15, 0.2) is 0 Å². The van der Waals surface area contributed by atoms with Crippen molar-refractivity contribution in [3.05, 3.63) is 17.0 Å². The van der Waals surface area contributed by atoms with Crippen molar-refractivity contribution in [2.75, 3.05) is 0 Å². The van der Waals surface area contributed by atoms with Crippen LogP contribution in [0.4, 0.5) is 0 Å². The molecule has 1 heterocycles. The highest BCUT2D eigenvalue weighted by Crippen LogP contribution is 2.16. The van der Waals surface area contributed by atoms with E-state index >= 15 is 0 Å². The number of nitrogens with two attached hydrogens (primary N) is 1. The number of hydrogen-bond acceptors (Lipinski definition) is 2. The number of rotatable bonds is 7. The minimum atomic E-state index is 0.625. The van der Waals surface area contributed by atoms with E-state index in [2.05, 4.69) is 30.6 Å². The Hall–Kier alpha value is -0.830. The summed E-state index contributed by atoms with van der Waals surface area (Å²) in [5.74, 6) is 0. The van der Waals surface area contributed by atoms with Crippen LogP contribution >= 0.6 is 0 Å². The average Bonchev–Trinajstić information content (AvgIpc) is 2.66. The van der Waals surface area contributed by atoms with E-state index in [1.807, 2.05) is 0 Å². The molecule has 0 fully saturated rings. The normalized spacial score (nSPS) is 11.0. The third-order valence-corrected chi connectivity index (χ3v) is 3.10. The molecule has 2 N–H and O–H groups in total. The smallest absolute Gasteiger partial charge is 0.0669 e. The minimum absolute atomic E-state index is 0.625. The third kappa shape index (κ3) is 2.85. The van der Waals surface area contributed by atoms with Gasteiger partial charge < -0.3 is 5.73 Å². The van der Waals surface area contributed by atoms with Crippen molar-refractivity contribution in [2.45, 2.75) is 66.0 Å². The lowest BCUT2D eigenvalue weighted by molar-refractivity contribution is 0.531. The Labute approximate surface area is 99.0 Å². The summed E-state index contributed by atoms with van der Waals surface area (Å²) in [6.07, 6.45) is 5.78. The van der Waals surface area contributed by atoms with Crippen LogP contribution in [0.5, 0.6) is 0 Å². The topological polar surface area (TPSA) is 43.8 Å². The first kappa shape index (κ1) is 13.2. The SMILES string of the molecule is CCCCCn1nc(CC)c(CN)c1CC. The largest absolute Gasteiger partial charge is 0.326 e. The number of hydrogen-bond donors (Lipinski definition) is 1. The predicted octanol–water partition coefficient (Wildman–Crippen LogP) is 2.66. The van der Waals surface area contributed by atoms with Gasteiger partial charge in [0.2, 0.25) is 0 Å². The molecule has 1 aromatic rings. The van der Waals surface area contributed by atoms with Gasteiger partial charge >= 0.3 is 0 Å². The first-order chi connectivity index (χ1) is 7.78. The maximum absolute atomic E-state index is 5.82. The highest BCUT2D eigenvalue weighted by Gasteiger charge is 2.13. The quantitative estimate of drug-likeness (QED) is 0.722. The van der Waals surface area contributed by atoms with Crippen molar-refractivity contribution in [2.24, 2.45) is 5.73 Å². The van der Waals surface area contributed by atoms with Gasteiger partial charge in [0.1, 0.15) is 0 Å². The molecule has 0 aliphatic rings. The fourth-order valence-electron chi connectivity index (χ4n) is 2.20. The monoisotopic (exact) mass is 223 g/mol. The molecule has 0 saturated heterocycles. The molecule has 0 bridgehead atoms. The van der Waals surface area contributed by atoms with E-state index in [0.717, 1.165) is 19.4 Å². The lowest BCUT2D eigenvalue weighted by Crippen LogP contribution is -2.07. The molecule has 0 unspecified atom stereocenters. The summed E-state index contributed by atoms with van der Waals surface area (Å²) in [4.78, 5) is 0. The molecule has 0 spiro atoms. The van der Waals surface area contributed by atoms with E-state index in [1.165, 1.54) is 36.2 Å². The molecular weight excluding hydrogens is 198 g/mol. The van der Waals surface area contributed by atoms with Crippen molar-refractivity contribution >= 4 is 0 Å². The molecule has 0 atom stereocenters. The lowest BCUT2D eigenvalue weighted by atomic mass is 10.1. The first-order valence-electron chi connectivity index (χ1n) is 6.55. The van der Waals surface area contributed by atoms with Gasteiger partial charge in [0.15, 0.2) is 0 Å². The fourth-order valence-corrected chi connectivity index (χ4v) is 2.20. The van der Waals surface area contributed by atoms with Crippen LogP contribution in [0.2, 0.25) is 0 Å². The maximum atomic E-state index is 5.82. The van der Waals surface area contributed by atoms with Gasteiger partial charge in [-0.25, -0.2) is 0 Å². The number of aryl methyl sites for hydroxylation is 2. The zero-order valence-corrected chi connectivity index (χ0v) is 10.9. The highest BCUT2D eigenvalue weighted by molar-refractivity contribution is 5.26. The van der Waals surface area contributed by atoms with E-state index in [0.29, 0.717) is 6.54 Å². The standard InChI is InChI=1S/C13H25N3/c1-4-7-8-9-16-13(6-3)11(10-14)12(5-2)15-16/h4-10,14H2,1-3H3. The van der Waals surface area contributed by atoms with Crippen molar-refractivity contribution in [3.63, 3.8) is 0 Å². The van der Waals surface area contributed by atoms with Gasteiger partial charge in [-0.15, -0.1) is 0 Å². The average molecular weight is 223 g/mol. The van der Waals surface area contributed by atoms with Gasteiger partial charge in [0, 0.05) is 24.3 Å². The number of unbranched alkanes of at least 4 members (excludes halogenated alkanes) is 2. The zero-order chi connectivity index (χ0) is 12.0. The molecule has 0 aromatic carbocycles. The summed E-state index contributed by atoms with van der Waals surface area (Å²) in [7, 11) is 0. The molecule has 0 amide bonds. The van der Waals surface area contributed by atoms with Crippen molar-refractivity contribution < 1.29 is 0 Å². The number of aromatic nitrogens is 2. The van der Waals surface area contributed by atoms with Crippen LogP contribution in [0.1, 0.15) is 57.0 Å². The fraction of sp³-hybridized carbons (Fsp3) is 0.769. The second-order valence-corrected chi connectivity index (χ2v) is 4.21. The van der Waals surface area contributed by atoms with Gasteiger partial charge in [0.25, 0.3) is 0 Å². The molecule has 0 aliphatic carbocycles.